The van der Waals surface area contributed by atoms with Crippen LogP contribution in [-0.2, 0) is 11.2 Å². The van der Waals surface area contributed by atoms with E-state index in [0.29, 0.717) is 18.0 Å². The van der Waals surface area contributed by atoms with E-state index in [4.69, 9.17) is 0 Å². The molecule has 138 valence electrons. The van der Waals surface area contributed by atoms with Crippen LogP contribution in [0, 0.1) is 5.92 Å². The summed E-state index contributed by atoms with van der Waals surface area (Å²) < 4.78 is 0. The Labute approximate surface area is 155 Å². The average molecular weight is 352 g/mol. The zero-order valence-electron chi connectivity index (χ0n) is 15.7. The zero-order chi connectivity index (χ0) is 18.1. The van der Waals surface area contributed by atoms with Crippen molar-refractivity contribution in [1.29, 1.82) is 0 Å². The Kier molecular flexibility index (Phi) is 4.81. The minimum atomic E-state index is 0.202. The molecule has 5 heteroatoms. The van der Waals surface area contributed by atoms with Crippen LogP contribution >= 0.6 is 0 Å². The predicted molar refractivity (Wildman–Crippen MR) is 104 cm³/mol. The molecule has 2 fully saturated rings. The van der Waals surface area contributed by atoms with Gasteiger partial charge in [0.25, 0.3) is 0 Å². The van der Waals surface area contributed by atoms with E-state index < -0.39 is 0 Å². The van der Waals surface area contributed by atoms with Crippen LogP contribution in [0.3, 0.4) is 0 Å². The molecule has 1 N–H and O–H groups in total. The number of H-pyrrole nitrogens is 1. The van der Waals surface area contributed by atoms with Gasteiger partial charge in [0.05, 0.1) is 0 Å². The summed E-state index contributed by atoms with van der Waals surface area (Å²) >= 11 is 0. The standard InChI is InChI=1S/C21H28N4O/c1-24(2)9-3-4-20(26)25-18-5-6-19(25)13-15(12-18)10-16-11-17-7-8-22-21(17)23-14-16/h3-4,7-8,11,14-15,18-19H,5-6,9-10,12-13H2,1-2H3,(H,22,23)/b4-3+. The molecular weight excluding hydrogens is 324 g/mol. The summed E-state index contributed by atoms with van der Waals surface area (Å²) in [4.78, 5) is 24.5. The minimum Gasteiger partial charge on any atom is -0.346 e. The molecule has 1 amide bonds. The van der Waals surface area contributed by atoms with Crippen LogP contribution in [0.1, 0.15) is 31.2 Å². The first-order valence-corrected chi connectivity index (χ1v) is 9.65. The van der Waals surface area contributed by atoms with E-state index >= 15 is 0 Å². The topological polar surface area (TPSA) is 52.2 Å². The number of carbonyl (C=O) groups excluding carboxylic acids is 1. The molecular formula is C21H28N4O. The fraction of sp³-hybridized carbons (Fsp3) is 0.524. The molecule has 2 aliphatic heterocycles. The molecule has 2 aliphatic rings. The van der Waals surface area contributed by atoms with Crippen LogP contribution in [0.5, 0.6) is 0 Å². The van der Waals surface area contributed by atoms with E-state index in [1.807, 2.05) is 32.6 Å². The summed E-state index contributed by atoms with van der Waals surface area (Å²) in [6.45, 7) is 0.812. The van der Waals surface area contributed by atoms with Crippen LogP contribution in [0.25, 0.3) is 11.0 Å². The Morgan fingerprint density at radius 3 is 2.85 bits per heavy atom. The van der Waals surface area contributed by atoms with Crippen molar-refractivity contribution in [3.05, 3.63) is 42.2 Å². The maximum atomic E-state index is 12.6. The molecule has 0 saturated carbocycles. The fourth-order valence-corrected chi connectivity index (χ4v) is 4.70. The van der Waals surface area contributed by atoms with Gasteiger partial charge >= 0.3 is 0 Å². The van der Waals surface area contributed by atoms with Crippen molar-refractivity contribution in [1.82, 2.24) is 19.8 Å². The van der Waals surface area contributed by atoms with E-state index in [2.05, 4.69) is 31.9 Å². The number of rotatable bonds is 5. The van der Waals surface area contributed by atoms with Crippen molar-refractivity contribution in [3.63, 3.8) is 0 Å². The molecule has 5 nitrogen and oxygen atoms in total. The number of hydrogen-bond acceptors (Lipinski definition) is 3. The monoisotopic (exact) mass is 352 g/mol. The summed E-state index contributed by atoms with van der Waals surface area (Å²) in [6, 6.07) is 5.16. The molecule has 2 saturated heterocycles. The van der Waals surface area contributed by atoms with Crippen LogP contribution in [-0.4, -0.2) is 58.4 Å². The molecule has 26 heavy (non-hydrogen) atoms. The van der Waals surface area contributed by atoms with Crippen LogP contribution in [0.2, 0.25) is 0 Å². The van der Waals surface area contributed by atoms with E-state index in [0.717, 1.165) is 44.3 Å². The number of amides is 1. The summed E-state index contributed by atoms with van der Waals surface area (Å²) in [5, 5.41) is 1.18. The van der Waals surface area contributed by atoms with Crippen LogP contribution < -0.4 is 0 Å². The Hall–Kier alpha value is -2.14. The number of hydrogen-bond donors (Lipinski definition) is 1. The van der Waals surface area contributed by atoms with Crippen molar-refractivity contribution < 1.29 is 4.79 Å². The van der Waals surface area contributed by atoms with Crippen LogP contribution in [0.4, 0.5) is 0 Å². The Balaban J connectivity index is 1.39. The Morgan fingerprint density at radius 1 is 1.35 bits per heavy atom. The lowest BCUT2D eigenvalue weighted by Crippen LogP contribution is -2.46. The SMILES string of the molecule is CN(C)C/C=C/C(=O)N1C2CCC1CC(Cc1cnc3[nH]ccc3c1)C2. The molecule has 2 aromatic rings. The highest BCUT2D eigenvalue weighted by Gasteiger charge is 2.42. The van der Waals surface area contributed by atoms with Crippen molar-refractivity contribution in [2.75, 3.05) is 20.6 Å². The van der Waals surface area contributed by atoms with Gasteiger partial charge in [-0.25, -0.2) is 4.98 Å². The number of likely N-dealkylation sites (N-methyl/N-ethyl adjacent to an activating group) is 1. The maximum Gasteiger partial charge on any atom is 0.246 e. The largest absolute Gasteiger partial charge is 0.346 e. The van der Waals surface area contributed by atoms with Gasteiger partial charge in [-0.15, -0.1) is 0 Å². The van der Waals surface area contributed by atoms with E-state index in [-0.39, 0.29) is 5.91 Å². The number of fused-ring (bicyclic) bond motifs is 3. The third kappa shape index (κ3) is 3.54. The van der Waals surface area contributed by atoms with Gasteiger partial charge in [0.15, 0.2) is 0 Å². The Bertz CT molecular complexity index is 795. The van der Waals surface area contributed by atoms with Gasteiger partial charge in [-0.05, 0) is 69.8 Å². The molecule has 4 rings (SSSR count). The first-order valence-electron chi connectivity index (χ1n) is 9.65. The molecule has 2 atom stereocenters. The predicted octanol–water partition coefficient (Wildman–Crippen LogP) is 2.99. The van der Waals surface area contributed by atoms with Crippen molar-refractivity contribution in [2.24, 2.45) is 5.92 Å². The quantitative estimate of drug-likeness (QED) is 0.842. The first-order chi connectivity index (χ1) is 12.6. The maximum absolute atomic E-state index is 12.6. The third-order valence-electron chi connectivity index (χ3n) is 5.80. The average Bonchev–Trinajstić information content (AvgIpc) is 3.16. The number of nitrogens with zero attached hydrogens (tertiary/aromatic N) is 3. The number of aromatic nitrogens is 2. The number of piperidine rings is 1. The highest BCUT2D eigenvalue weighted by atomic mass is 16.2. The highest BCUT2D eigenvalue weighted by Crippen LogP contribution is 2.40. The molecule has 2 bridgehead atoms. The molecule has 0 radical (unpaired) electrons. The lowest BCUT2D eigenvalue weighted by atomic mass is 9.86. The van der Waals surface area contributed by atoms with Gasteiger partial charge in [-0.2, -0.15) is 0 Å². The molecule has 4 heterocycles. The summed E-state index contributed by atoms with van der Waals surface area (Å²) in [5.41, 5.74) is 2.27. The number of nitrogens with one attached hydrogen (secondary N) is 1. The zero-order valence-corrected chi connectivity index (χ0v) is 15.7. The van der Waals surface area contributed by atoms with Gasteiger partial charge < -0.3 is 14.8 Å². The van der Waals surface area contributed by atoms with E-state index in [9.17, 15) is 4.79 Å². The lowest BCUT2D eigenvalue weighted by molar-refractivity contribution is -0.131. The van der Waals surface area contributed by atoms with Gasteiger partial charge in [-0.1, -0.05) is 6.08 Å². The number of carbonyl (C=O) groups is 1. The van der Waals surface area contributed by atoms with Gasteiger partial charge in [0.1, 0.15) is 5.65 Å². The van der Waals surface area contributed by atoms with Crippen molar-refractivity contribution in [2.45, 2.75) is 44.2 Å². The molecule has 2 unspecified atom stereocenters. The van der Waals surface area contributed by atoms with E-state index in [1.54, 1.807) is 6.08 Å². The summed E-state index contributed by atoms with van der Waals surface area (Å²) in [5.74, 6) is 0.855. The normalized spacial score (nSPS) is 25.7. The van der Waals surface area contributed by atoms with Gasteiger partial charge in [0.2, 0.25) is 5.91 Å². The second-order valence-corrected chi connectivity index (χ2v) is 8.10. The minimum absolute atomic E-state index is 0.202. The van der Waals surface area contributed by atoms with Crippen molar-refractivity contribution in [3.8, 4) is 0 Å². The lowest BCUT2D eigenvalue weighted by Gasteiger charge is -2.38. The van der Waals surface area contributed by atoms with Gasteiger partial charge in [0, 0.05) is 42.5 Å². The molecule has 2 aromatic heterocycles. The van der Waals surface area contributed by atoms with Gasteiger partial charge in [-0.3, -0.25) is 4.79 Å². The highest BCUT2D eigenvalue weighted by molar-refractivity contribution is 5.88. The smallest absolute Gasteiger partial charge is 0.246 e. The third-order valence-corrected chi connectivity index (χ3v) is 5.80. The second-order valence-electron chi connectivity index (χ2n) is 8.10. The molecule has 0 spiro atoms. The summed E-state index contributed by atoms with van der Waals surface area (Å²) in [6.07, 6.45) is 13.3. The number of pyridine rings is 1. The van der Waals surface area contributed by atoms with E-state index in [1.165, 1.54) is 10.9 Å². The molecule has 0 aromatic carbocycles. The molecule has 0 aliphatic carbocycles. The number of aromatic amines is 1. The second kappa shape index (κ2) is 7.23. The fourth-order valence-electron chi connectivity index (χ4n) is 4.70. The first kappa shape index (κ1) is 17.3. The summed E-state index contributed by atoms with van der Waals surface area (Å²) in [7, 11) is 4.04. The Morgan fingerprint density at radius 2 is 2.12 bits per heavy atom. The van der Waals surface area contributed by atoms with Crippen molar-refractivity contribution >= 4 is 16.9 Å². The van der Waals surface area contributed by atoms with Crippen LogP contribution in [0.15, 0.2) is 36.7 Å².